The minimum absolute atomic E-state index is 0.240. The van der Waals surface area contributed by atoms with Crippen molar-refractivity contribution in [3.8, 4) is 0 Å². The van der Waals surface area contributed by atoms with Gasteiger partial charge in [-0.1, -0.05) is 13.8 Å². The van der Waals surface area contributed by atoms with E-state index in [2.05, 4.69) is 15.2 Å². The number of carbonyl (C=O) groups excluding carboxylic acids is 1. The molecule has 0 spiro atoms. The minimum Gasteiger partial charge on any atom is -0.465 e. The number of ether oxygens (including phenoxy) is 1. The first-order chi connectivity index (χ1) is 9.99. The lowest BCUT2D eigenvalue weighted by Gasteiger charge is -2.12. The fraction of sp³-hybridized carbons (Fsp3) is 0.600. The van der Waals surface area contributed by atoms with Gasteiger partial charge in [-0.15, -0.1) is 0 Å². The fourth-order valence-corrected chi connectivity index (χ4v) is 1.50. The van der Waals surface area contributed by atoms with Crippen LogP contribution in [-0.2, 0) is 4.74 Å². The fourth-order valence-electron chi connectivity index (χ4n) is 1.50. The lowest BCUT2D eigenvalue weighted by atomic mass is 10.2. The SMILES string of the molecule is CC(C)COC(=NCCCN(C)C)NC(=O)c1ccco1. The summed E-state index contributed by atoms with van der Waals surface area (Å²) in [5, 5.41) is 2.64. The van der Waals surface area contributed by atoms with Crippen molar-refractivity contribution in [2.45, 2.75) is 20.3 Å². The van der Waals surface area contributed by atoms with E-state index in [9.17, 15) is 4.79 Å². The maximum atomic E-state index is 11.9. The van der Waals surface area contributed by atoms with Crippen LogP contribution in [0.1, 0.15) is 30.8 Å². The Morgan fingerprint density at radius 2 is 2.24 bits per heavy atom. The Labute approximate surface area is 126 Å². The van der Waals surface area contributed by atoms with E-state index in [1.54, 1.807) is 12.1 Å². The Bertz CT molecular complexity index is 439. The van der Waals surface area contributed by atoms with Gasteiger partial charge in [0.25, 0.3) is 11.9 Å². The van der Waals surface area contributed by atoms with E-state index >= 15 is 0 Å². The van der Waals surface area contributed by atoms with E-state index in [-0.39, 0.29) is 17.7 Å². The third-order valence-corrected chi connectivity index (χ3v) is 2.54. The van der Waals surface area contributed by atoms with Crippen molar-refractivity contribution in [1.82, 2.24) is 10.2 Å². The molecular formula is C15H25N3O3. The number of amidine groups is 1. The molecule has 21 heavy (non-hydrogen) atoms. The van der Waals surface area contributed by atoms with Crippen molar-refractivity contribution in [3.05, 3.63) is 24.2 Å². The number of amides is 1. The number of nitrogens with one attached hydrogen (secondary N) is 1. The zero-order valence-corrected chi connectivity index (χ0v) is 13.3. The third kappa shape index (κ3) is 7.51. The molecule has 0 aromatic carbocycles. The van der Waals surface area contributed by atoms with Crippen LogP contribution >= 0.6 is 0 Å². The highest BCUT2D eigenvalue weighted by molar-refractivity contribution is 6.02. The van der Waals surface area contributed by atoms with Gasteiger partial charge in [-0.25, -0.2) is 4.99 Å². The number of aliphatic imine (C=N–C) groups is 1. The molecule has 1 heterocycles. The molecule has 0 saturated carbocycles. The smallest absolute Gasteiger partial charge is 0.294 e. The molecule has 0 atom stereocenters. The van der Waals surface area contributed by atoms with Crippen molar-refractivity contribution < 1.29 is 13.9 Å². The van der Waals surface area contributed by atoms with E-state index in [1.165, 1.54) is 6.26 Å². The quantitative estimate of drug-likeness (QED) is 0.474. The van der Waals surface area contributed by atoms with E-state index < -0.39 is 0 Å². The molecule has 0 radical (unpaired) electrons. The Balaban J connectivity index is 2.54. The molecule has 1 aromatic rings. The van der Waals surface area contributed by atoms with Crippen LogP contribution in [0.4, 0.5) is 0 Å². The highest BCUT2D eigenvalue weighted by Crippen LogP contribution is 2.00. The van der Waals surface area contributed by atoms with E-state index in [1.807, 2.05) is 27.9 Å². The monoisotopic (exact) mass is 295 g/mol. The topological polar surface area (TPSA) is 67.1 Å². The molecule has 0 bridgehead atoms. The maximum Gasteiger partial charge on any atom is 0.294 e. The predicted molar refractivity (Wildman–Crippen MR) is 82.4 cm³/mol. The lowest BCUT2D eigenvalue weighted by Crippen LogP contribution is -2.33. The van der Waals surface area contributed by atoms with Crippen LogP contribution in [0.25, 0.3) is 0 Å². The zero-order chi connectivity index (χ0) is 15.7. The average molecular weight is 295 g/mol. The first-order valence-corrected chi connectivity index (χ1v) is 7.16. The predicted octanol–water partition coefficient (Wildman–Crippen LogP) is 1.99. The van der Waals surface area contributed by atoms with Crippen molar-refractivity contribution in [3.63, 3.8) is 0 Å². The Kier molecular flexibility index (Phi) is 7.53. The van der Waals surface area contributed by atoms with Gasteiger partial charge in [-0.3, -0.25) is 10.1 Å². The molecule has 1 aromatic heterocycles. The van der Waals surface area contributed by atoms with Crippen molar-refractivity contribution >= 4 is 11.9 Å². The molecule has 0 saturated heterocycles. The van der Waals surface area contributed by atoms with Gasteiger partial charge in [0.1, 0.15) is 0 Å². The molecule has 0 fully saturated rings. The lowest BCUT2D eigenvalue weighted by molar-refractivity contribution is 0.0936. The Morgan fingerprint density at radius 1 is 1.48 bits per heavy atom. The van der Waals surface area contributed by atoms with Crippen LogP contribution in [-0.4, -0.2) is 50.6 Å². The Morgan fingerprint density at radius 3 is 2.81 bits per heavy atom. The van der Waals surface area contributed by atoms with Crippen LogP contribution in [0.2, 0.25) is 0 Å². The standard InChI is InChI=1S/C15H25N3O3/c1-12(2)11-21-15(16-8-6-9-18(3)4)17-14(19)13-7-5-10-20-13/h5,7,10,12H,6,8-9,11H2,1-4H3,(H,16,17,19). The van der Waals surface area contributed by atoms with Crippen molar-refractivity contribution in [1.29, 1.82) is 0 Å². The number of rotatable bonds is 7. The summed E-state index contributed by atoms with van der Waals surface area (Å²) in [7, 11) is 4.02. The molecule has 0 aliphatic carbocycles. The summed E-state index contributed by atoms with van der Waals surface area (Å²) in [6.07, 6.45) is 2.36. The summed E-state index contributed by atoms with van der Waals surface area (Å²) in [6.45, 7) is 6.12. The van der Waals surface area contributed by atoms with Gasteiger partial charge >= 0.3 is 0 Å². The second kappa shape index (κ2) is 9.18. The van der Waals surface area contributed by atoms with Crippen molar-refractivity contribution in [2.24, 2.45) is 10.9 Å². The molecule has 0 unspecified atom stereocenters. The van der Waals surface area contributed by atoms with Crippen LogP contribution in [0, 0.1) is 5.92 Å². The largest absolute Gasteiger partial charge is 0.465 e. The summed E-state index contributed by atoms with van der Waals surface area (Å²) >= 11 is 0. The molecule has 1 rings (SSSR count). The van der Waals surface area contributed by atoms with Crippen LogP contribution in [0.5, 0.6) is 0 Å². The molecule has 118 valence electrons. The maximum absolute atomic E-state index is 11.9. The van der Waals surface area contributed by atoms with Crippen LogP contribution < -0.4 is 5.32 Å². The highest BCUT2D eigenvalue weighted by atomic mass is 16.5. The number of hydrogen-bond acceptors (Lipinski definition) is 5. The summed E-state index contributed by atoms with van der Waals surface area (Å²) in [6, 6.07) is 3.52. The number of furan rings is 1. The number of carbonyl (C=O) groups is 1. The molecule has 0 aliphatic rings. The van der Waals surface area contributed by atoms with Gasteiger partial charge in [0, 0.05) is 6.54 Å². The van der Waals surface area contributed by atoms with Gasteiger partial charge < -0.3 is 14.1 Å². The van der Waals surface area contributed by atoms with Gasteiger partial charge in [-0.2, -0.15) is 0 Å². The van der Waals surface area contributed by atoms with Crippen molar-refractivity contribution in [2.75, 3.05) is 33.8 Å². The summed E-state index contributed by atoms with van der Waals surface area (Å²) in [5.74, 6) is 0.247. The van der Waals surface area contributed by atoms with E-state index in [4.69, 9.17) is 9.15 Å². The first-order valence-electron chi connectivity index (χ1n) is 7.16. The third-order valence-electron chi connectivity index (χ3n) is 2.54. The van der Waals surface area contributed by atoms with Gasteiger partial charge in [0.05, 0.1) is 12.9 Å². The minimum atomic E-state index is -0.352. The zero-order valence-electron chi connectivity index (χ0n) is 13.3. The van der Waals surface area contributed by atoms with E-state index in [0.29, 0.717) is 19.1 Å². The number of hydrogen-bond donors (Lipinski definition) is 1. The summed E-state index contributed by atoms with van der Waals surface area (Å²) < 4.78 is 10.6. The molecule has 6 nitrogen and oxygen atoms in total. The molecule has 1 N–H and O–H groups in total. The van der Waals surface area contributed by atoms with Gasteiger partial charge in [0.15, 0.2) is 5.76 Å². The second-order valence-corrected chi connectivity index (χ2v) is 5.48. The van der Waals surface area contributed by atoms with Gasteiger partial charge in [-0.05, 0) is 45.1 Å². The van der Waals surface area contributed by atoms with Gasteiger partial charge in [0.2, 0.25) is 0 Å². The normalized spacial score (nSPS) is 12.0. The van der Waals surface area contributed by atoms with E-state index in [0.717, 1.165) is 13.0 Å². The highest BCUT2D eigenvalue weighted by Gasteiger charge is 2.12. The molecule has 1 amide bonds. The second-order valence-electron chi connectivity index (χ2n) is 5.48. The Hall–Kier alpha value is -1.82. The van der Waals surface area contributed by atoms with Crippen LogP contribution in [0.3, 0.4) is 0 Å². The first kappa shape index (κ1) is 17.2. The van der Waals surface area contributed by atoms with Crippen LogP contribution in [0.15, 0.2) is 27.8 Å². The average Bonchev–Trinajstić information content (AvgIpc) is 2.94. The summed E-state index contributed by atoms with van der Waals surface area (Å²) in [4.78, 5) is 18.3. The molecular weight excluding hydrogens is 270 g/mol. The summed E-state index contributed by atoms with van der Waals surface area (Å²) in [5.41, 5.74) is 0. The molecule has 0 aliphatic heterocycles. The molecule has 6 heteroatoms. The number of nitrogens with zero attached hydrogens (tertiary/aromatic N) is 2.